The zero-order valence-electron chi connectivity index (χ0n) is 16.9. The molecular formula is C23H22N4O2. The molecule has 6 nitrogen and oxygen atoms in total. The molecule has 0 saturated carbocycles. The Hall–Kier alpha value is -3.67. The van der Waals surface area contributed by atoms with Crippen molar-refractivity contribution in [2.75, 3.05) is 5.01 Å². The molecule has 146 valence electrons. The van der Waals surface area contributed by atoms with Gasteiger partial charge in [-0.2, -0.15) is 10.1 Å². The van der Waals surface area contributed by atoms with E-state index in [9.17, 15) is 9.59 Å². The van der Waals surface area contributed by atoms with Gasteiger partial charge >= 0.3 is 0 Å². The van der Waals surface area contributed by atoms with Crippen LogP contribution in [0.3, 0.4) is 0 Å². The van der Waals surface area contributed by atoms with E-state index >= 15 is 0 Å². The molecule has 0 fully saturated rings. The largest absolute Gasteiger partial charge is 0.295 e. The van der Waals surface area contributed by atoms with Crippen LogP contribution in [0.1, 0.15) is 29.3 Å². The van der Waals surface area contributed by atoms with Crippen LogP contribution in [0, 0.1) is 20.8 Å². The predicted octanol–water partition coefficient (Wildman–Crippen LogP) is 3.90. The van der Waals surface area contributed by atoms with E-state index in [1.165, 1.54) is 9.69 Å². The topological polar surface area (TPSA) is 70.5 Å². The van der Waals surface area contributed by atoms with E-state index in [2.05, 4.69) is 10.2 Å². The summed E-state index contributed by atoms with van der Waals surface area (Å²) < 4.78 is 1.50. The van der Waals surface area contributed by atoms with E-state index in [1.54, 1.807) is 13.0 Å². The van der Waals surface area contributed by atoms with Crippen molar-refractivity contribution in [1.82, 2.24) is 9.78 Å². The summed E-state index contributed by atoms with van der Waals surface area (Å²) in [5.41, 5.74) is 5.52. The number of carbonyl (C=O) groups excluding carboxylic acids is 1. The number of rotatable bonds is 3. The smallest absolute Gasteiger partial charge is 0.280 e. The summed E-state index contributed by atoms with van der Waals surface area (Å²) in [4.78, 5) is 26.0. The lowest BCUT2D eigenvalue weighted by Crippen LogP contribution is -2.22. The number of hydrazone groups is 1. The van der Waals surface area contributed by atoms with Crippen LogP contribution in [-0.4, -0.2) is 21.4 Å². The Morgan fingerprint density at radius 1 is 0.897 bits per heavy atom. The number of aromatic nitrogens is 2. The minimum absolute atomic E-state index is 0.199. The van der Waals surface area contributed by atoms with Crippen molar-refractivity contribution in [3.8, 4) is 5.69 Å². The first kappa shape index (κ1) is 18.7. The number of H-pyrrole nitrogens is 1. The highest BCUT2D eigenvalue weighted by Crippen LogP contribution is 2.25. The average molecular weight is 386 g/mol. The van der Waals surface area contributed by atoms with Gasteiger partial charge in [-0.25, -0.2) is 4.68 Å². The molecule has 1 N–H and O–H groups in total. The molecule has 0 radical (unpaired) electrons. The van der Waals surface area contributed by atoms with Gasteiger partial charge in [0.15, 0.2) is 0 Å². The van der Waals surface area contributed by atoms with Crippen LogP contribution < -0.4 is 10.6 Å². The highest BCUT2D eigenvalue weighted by molar-refractivity contribution is 6.32. The van der Waals surface area contributed by atoms with E-state index in [4.69, 9.17) is 0 Å². The Bertz CT molecular complexity index is 1240. The molecule has 1 aliphatic rings. The molecule has 0 aliphatic carbocycles. The van der Waals surface area contributed by atoms with Gasteiger partial charge in [0.25, 0.3) is 11.5 Å². The van der Waals surface area contributed by atoms with Crippen LogP contribution in [0.4, 0.5) is 5.69 Å². The minimum Gasteiger partial charge on any atom is -0.295 e. The molecular weight excluding hydrogens is 364 g/mol. The third kappa shape index (κ3) is 3.33. The molecule has 4 rings (SSSR count). The number of carbonyl (C=O) groups is 1. The zero-order chi connectivity index (χ0) is 20.7. The van der Waals surface area contributed by atoms with Gasteiger partial charge in [0.05, 0.1) is 28.2 Å². The SMILES string of the molecule is CC1=NN(c2cccc(C)c2)C(=O)/C1=C/c1c(C)[nH]n(-c2cccc(C)c2)c1=O. The average Bonchev–Trinajstić information content (AvgIpc) is 3.13. The lowest BCUT2D eigenvalue weighted by atomic mass is 10.1. The highest BCUT2D eigenvalue weighted by atomic mass is 16.2. The number of hydrogen-bond donors (Lipinski definition) is 1. The van der Waals surface area contributed by atoms with Gasteiger partial charge in [-0.15, -0.1) is 0 Å². The van der Waals surface area contributed by atoms with Crippen molar-refractivity contribution >= 4 is 23.4 Å². The monoisotopic (exact) mass is 386 g/mol. The molecule has 1 aromatic heterocycles. The second-order valence-corrected chi connectivity index (χ2v) is 7.33. The fraction of sp³-hybridized carbons (Fsp3) is 0.174. The zero-order valence-corrected chi connectivity index (χ0v) is 16.9. The third-order valence-electron chi connectivity index (χ3n) is 4.97. The molecule has 0 unspecified atom stereocenters. The third-order valence-corrected chi connectivity index (χ3v) is 4.97. The molecule has 3 aromatic rings. The Balaban J connectivity index is 1.75. The first-order chi connectivity index (χ1) is 13.8. The van der Waals surface area contributed by atoms with Crippen LogP contribution in [0.15, 0.2) is 64.0 Å². The van der Waals surface area contributed by atoms with Crippen molar-refractivity contribution in [1.29, 1.82) is 0 Å². The summed E-state index contributed by atoms with van der Waals surface area (Å²) in [6.45, 7) is 7.54. The number of nitrogens with one attached hydrogen (secondary N) is 1. The van der Waals surface area contributed by atoms with E-state index < -0.39 is 0 Å². The minimum atomic E-state index is -0.241. The second-order valence-electron chi connectivity index (χ2n) is 7.33. The van der Waals surface area contributed by atoms with Crippen molar-refractivity contribution in [2.45, 2.75) is 27.7 Å². The first-order valence-corrected chi connectivity index (χ1v) is 9.42. The van der Waals surface area contributed by atoms with E-state index in [-0.39, 0.29) is 11.5 Å². The quantitative estimate of drug-likeness (QED) is 0.694. The molecule has 6 heteroatoms. The number of nitrogens with zero attached hydrogens (tertiary/aromatic N) is 3. The maximum Gasteiger partial charge on any atom is 0.280 e. The number of aromatic amines is 1. The van der Waals surface area contributed by atoms with Gasteiger partial charge in [0.1, 0.15) is 0 Å². The molecule has 2 heterocycles. The van der Waals surface area contributed by atoms with Gasteiger partial charge in [-0.3, -0.25) is 14.7 Å². The molecule has 0 spiro atoms. The predicted molar refractivity (Wildman–Crippen MR) is 116 cm³/mol. The van der Waals surface area contributed by atoms with Gasteiger partial charge in [-0.05, 0) is 69.2 Å². The second kappa shape index (κ2) is 7.05. The van der Waals surface area contributed by atoms with Gasteiger partial charge in [-0.1, -0.05) is 24.3 Å². The standard InChI is InChI=1S/C23H22N4O2/c1-14-7-5-9-18(11-14)26-22(28)20(16(3)24-26)13-21-17(4)25-27(23(21)29)19-10-6-8-15(2)12-19/h5-13,24H,1-4H3/b21-13+. The lowest BCUT2D eigenvalue weighted by molar-refractivity contribution is -0.114. The van der Waals surface area contributed by atoms with Crippen molar-refractivity contribution in [3.05, 3.63) is 86.8 Å². The molecule has 1 aliphatic heterocycles. The van der Waals surface area contributed by atoms with Crippen LogP contribution in [-0.2, 0) is 4.79 Å². The number of aryl methyl sites for hydroxylation is 3. The summed E-state index contributed by atoms with van der Waals surface area (Å²) in [7, 11) is 0. The highest BCUT2D eigenvalue weighted by Gasteiger charge is 2.29. The van der Waals surface area contributed by atoms with Crippen LogP contribution in [0.25, 0.3) is 11.8 Å². The maximum absolute atomic E-state index is 13.0. The normalized spacial score (nSPS) is 15.3. The maximum atomic E-state index is 13.0. The Labute approximate surface area is 168 Å². The fourth-order valence-electron chi connectivity index (χ4n) is 3.44. The van der Waals surface area contributed by atoms with Crippen molar-refractivity contribution in [2.24, 2.45) is 5.10 Å². The summed E-state index contributed by atoms with van der Waals surface area (Å²) in [5, 5.41) is 8.90. The lowest BCUT2D eigenvalue weighted by Gasteiger charge is -2.12. The van der Waals surface area contributed by atoms with E-state index in [0.717, 1.165) is 16.8 Å². The summed E-state index contributed by atoms with van der Waals surface area (Å²) >= 11 is 0. The van der Waals surface area contributed by atoms with Crippen LogP contribution in [0.2, 0.25) is 0 Å². The fourth-order valence-corrected chi connectivity index (χ4v) is 3.44. The van der Waals surface area contributed by atoms with Gasteiger partial charge in [0, 0.05) is 5.69 Å². The van der Waals surface area contributed by atoms with E-state index in [0.29, 0.717) is 28.2 Å². The van der Waals surface area contributed by atoms with Gasteiger partial charge in [0.2, 0.25) is 0 Å². The molecule has 2 aromatic carbocycles. The van der Waals surface area contributed by atoms with Crippen LogP contribution >= 0.6 is 0 Å². The summed E-state index contributed by atoms with van der Waals surface area (Å²) in [6, 6.07) is 15.3. The summed E-state index contributed by atoms with van der Waals surface area (Å²) in [6.07, 6.45) is 1.64. The van der Waals surface area contributed by atoms with E-state index in [1.807, 2.05) is 69.3 Å². The van der Waals surface area contributed by atoms with Crippen molar-refractivity contribution in [3.63, 3.8) is 0 Å². The number of benzene rings is 2. The first-order valence-electron chi connectivity index (χ1n) is 9.42. The summed E-state index contributed by atoms with van der Waals surface area (Å²) in [5.74, 6) is -0.241. The van der Waals surface area contributed by atoms with Gasteiger partial charge < -0.3 is 0 Å². The molecule has 0 atom stereocenters. The Morgan fingerprint density at radius 3 is 2.17 bits per heavy atom. The van der Waals surface area contributed by atoms with Crippen LogP contribution in [0.5, 0.6) is 0 Å². The molecule has 1 amide bonds. The Morgan fingerprint density at radius 2 is 1.52 bits per heavy atom. The Kier molecular flexibility index (Phi) is 4.54. The van der Waals surface area contributed by atoms with Crippen molar-refractivity contribution < 1.29 is 4.79 Å². The number of anilines is 1. The molecule has 0 saturated heterocycles. The number of hydrogen-bond acceptors (Lipinski definition) is 3. The molecule has 0 bridgehead atoms. The number of amides is 1. The molecule has 29 heavy (non-hydrogen) atoms.